The van der Waals surface area contributed by atoms with Gasteiger partial charge in [0, 0.05) is 29.1 Å². The van der Waals surface area contributed by atoms with Gasteiger partial charge in [-0.3, -0.25) is 0 Å². The molecule has 1 atom stereocenters. The summed E-state index contributed by atoms with van der Waals surface area (Å²) >= 11 is 4.08. The van der Waals surface area contributed by atoms with E-state index >= 15 is 0 Å². The van der Waals surface area contributed by atoms with E-state index in [0.717, 1.165) is 18.0 Å². The Morgan fingerprint density at radius 1 is 1.42 bits per heavy atom. The molecule has 2 rings (SSSR count). The van der Waals surface area contributed by atoms with Crippen LogP contribution < -0.4 is 15.8 Å². The van der Waals surface area contributed by atoms with Crippen molar-refractivity contribution >= 4 is 34.9 Å². The first-order valence-electron chi connectivity index (χ1n) is 6.65. The van der Waals surface area contributed by atoms with Crippen molar-refractivity contribution in [3.63, 3.8) is 0 Å². The maximum absolute atomic E-state index is 6.15. The molecule has 3 nitrogen and oxygen atoms in total. The Morgan fingerprint density at radius 2 is 2.26 bits per heavy atom. The van der Waals surface area contributed by atoms with Gasteiger partial charge in [-0.15, -0.1) is 0 Å². The second kappa shape index (κ2) is 7.20. The smallest absolute Gasteiger partial charge is 0.144 e. The van der Waals surface area contributed by atoms with Crippen LogP contribution in [0.5, 0.6) is 5.75 Å². The summed E-state index contributed by atoms with van der Waals surface area (Å²) in [5.41, 5.74) is 7.84. The van der Waals surface area contributed by atoms with Crippen LogP contribution in [-0.2, 0) is 0 Å². The van der Waals surface area contributed by atoms with Crippen LogP contribution in [0.2, 0.25) is 0 Å². The van der Waals surface area contributed by atoms with E-state index in [-0.39, 0.29) is 6.10 Å². The second-order valence-electron chi connectivity index (χ2n) is 4.83. The van der Waals surface area contributed by atoms with E-state index in [4.69, 9.17) is 10.5 Å². The molecule has 0 radical (unpaired) electrons. The van der Waals surface area contributed by atoms with Crippen molar-refractivity contribution < 1.29 is 4.74 Å². The molecule has 1 aromatic rings. The maximum Gasteiger partial charge on any atom is 0.144 e. The molecule has 3 N–H and O–H groups in total. The minimum absolute atomic E-state index is 0.142. The topological polar surface area (TPSA) is 47.3 Å². The molecule has 1 saturated heterocycles. The van der Waals surface area contributed by atoms with Gasteiger partial charge in [-0.2, -0.15) is 23.5 Å². The minimum atomic E-state index is 0.142. The summed E-state index contributed by atoms with van der Waals surface area (Å²) in [5, 5.41) is 4.13. The van der Waals surface area contributed by atoms with Gasteiger partial charge in [0.15, 0.2) is 0 Å². The van der Waals surface area contributed by atoms with Crippen LogP contribution in [0.15, 0.2) is 18.2 Å². The predicted molar refractivity (Wildman–Crippen MR) is 88.7 cm³/mol. The molecule has 0 aromatic heterocycles. The van der Waals surface area contributed by atoms with Crippen LogP contribution in [0.25, 0.3) is 0 Å². The molecule has 1 unspecified atom stereocenters. The molecule has 0 spiro atoms. The summed E-state index contributed by atoms with van der Waals surface area (Å²) in [4.78, 5) is 0. The average molecular weight is 298 g/mol. The predicted octanol–water partition coefficient (Wildman–Crippen LogP) is 3.32. The number of nitrogens with two attached hydrogens (primary N) is 1. The third kappa shape index (κ3) is 4.42. The number of nitrogen functional groups attached to an aromatic ring is 1. The molecule has 0 aliphatic carbocycles. The molecule has 1 fully saturated rings. The highest BCUT2D eigenvalue weighted by Crippen LogP contribution is 2.31. The van der Waals surface area contributed by atoms with Gasteiger partial charge in [-0.25, -0.2) is 0 Å². The van der Waals surface area contributed by atoms with Crippen LogP contribution in [0.4, 0.5) is 11.4 Å². The molecule has 1 aliphatic rings. The molecule has 5 heteroatoms. The largest absolute Gasteiger partial charge is 0.489 e. The third-order valence-corrected chi connectivity index (χ3v) is 5.68. The molecule has 1 heterocycles. The van der Waals surface area contributed by atoms with Gasteiger partial charge < -0.3 is 15.8 Å². The molecular weight excluding hydrogens is 276 g/mol. The first kappa shape index (κ1) is 14.7. The van der Waals surface area contributed by atoms with Crippen molar-refractivity contribution in [1.29, 1.82) is 0 Å². The van der Waals surface area contributed by atoms with Crippen molar-refractivity contribution in [3.8, 4) is 5.75 Å². The van der Waals surface area contributed by atoms with Gasteiger partial charge >= 0.3 is 0 Å². The number of para-hydroxylation sites is 1. The number of hydrogen-bond donors (Lipinski definition) is 2. The third-order valence-electron chi connectivity index (χ3n) is 2.83. The molecule has 1 aliphatic heterocycles. The molecule has 1 aromatic carbocycles. The summed E-state index contributed by atoms with van der Waals surface area (Å²) in [6.07, 6.45) is 0.142. The number of ether oxygens (including phenoxy) is 1. The van der Waals surface area contributed by atoms with Gasteiger partial charge in [0.1, 0.15) is 5.75 Å². The number of anilines is 2. The van der Waals surface area contributed by atoms with Gasteiger partial charge in [0.05, 0.1) is 17.5 Å². The van der Waals surface area contributed by atoms with Crippen LogP contribution in [0.1, 0.15) is 13.8 Å². The van der Waals surface area contributed by atoms with E-state index in [1.54, 1.807) is 0 Å². The zero-order chi connectivity index (χ0) is 13.7. The van der Waals surface area contributed by atoms with Gasteiger partial charge in [-0.1, -0.05) is 6.07 Å². The van der Waals surface area contributed by atoms with E-state index in [0.29, 0.717) is 10.9 Å². The summed E-state index contributed by atoms with van der Waals surface area (Å²) in [6, 6.07) is 5.92. The number of rotatable bonds is 5. The van der Waals surface area contributed by atoms with Crippen molar-refractivity contribution in [2.45, 2.75) is 25.2 Å². The van der Waals surface area contributed by atoms with Crippen molar-refractivity contribution in [2.75, 3.05) is 34.9 Å². The van der Waals surface area contributed by atoms with Crippen LogP contribution in [0, 0.1) is 0 Å². The van der Waals surface area contributed by atoms with Crippen molar-refractivity contribution in [2.24, 2.45) is 0 Å². The van der Waals surface area contributed by atoms with E-state index < -0.39 is 0 Å². The fourth-order valence-corrected chi connectivity index (χ4v) is 4.54. The molecule has 0 saturated carbocycles. The molecule has 106 valence electrons. The van der Waals surface area contributed by atoms with Gasteiger partial charge in [0.25, 0.3) is 0 Å². The highest BCUT2D eigenvalue weighted by Gasteiger charge is 2.15. The standard InChI is InChI=1S/C14H22N2OS2/c1-10(2)17-13-5-3-4-12(14(13)15)16-8-11-9-18-6-7-19-11/h3-5,10-11,16H,6-9,15H2,1-2H3. The Morgan fingerprint density at radius 3 is 2.95 bits per heavy atom. The monoisotopic (exact) mass is 298 g/mol. The Balaban J connectivity index is 1.95. The fraction of sp³-hybridized carbons (Fsp3) is 0.571. The normalized spacial score (nSPS) is 19.4. The Bertz CT molecular complexity index is 406. The average Bonchev–Trinajstić information content (AvgIpc) is 2.40. The SMILES string of the molecule is CC(C)Oc1cccc(NCC2CSCCS2)c1N. The number of benzene rings is 1. The summed E-state index contributed by atoms with van der Waals surface area (Å²) in [7, 11) is 0. The summed E-state index contributed by atoms with van der Waals surface area (Å²) < 4.78 is 5.70. The van der Waals surface area contributed by atoms with E-state index in [1.807, 2.05) is 55.6 Å². The van der Waals surface area contributed by atoms with E-state index in [2.05, 4.69) is 5.32 Å². The molecule has 0 bridgehead atoms. The lowest BCUT2D eigenvalue weighted by atomic mass is 10.2. The van der Waals surface area contributed by atoms with Gasteiger partial charge in [-0.05, 0) is 26.0 Å². The number of hydrogen-bond acceptors (Lipinski definition) is 5. The highest BCUT2D eigenvalue weighted by molar-refractivity contribution is 8.06. The van der Waals surface area contributed by atoms with Crippen molar-refractivity contribution in [1.82, 2.24) is 0 Å². The quantitative estimate of drug-likeness (QED) is 0.817. The van der Waals surface area contributed by atoms with Crippen LogP contribution in [-0.4, -0.2) is 35.2 Å². The first-order chi connectivity index (χ1) is 9.16. The summed E-state index contributed by atoms with van der Waals surface area (Å²) in [6.45, 7) is 4.98. The summed E-state index contributed by atoms with van der Waals surface area (Å²) in [5.74, 6) is 4.52. The van der Waals surface area contributed by atoms with Crippen molar-refractivity contribution in [3.05, 3.63) is 18.2 Å². The maximum atomic E-state index is 6.15. The molecular formula is C14H22N2OS2. The first-order valence-corrected chi connectivity index (χ1v) is 8.85. The Labute approximate surface area is 124 Å². The highest BCUT2D eigenvalue weighted by atomic mass is 32.2. The van der Waals surface area contributed by atoms with E-state index in [9.17, 15) is 0 Å². The fourth-order valence-electron chi connectivity index (χ4n) is 1.93. The molecule has 0 amide bonds. The Kier molecular flexibility index (Phi) is 5.58. The molecule has 19 heavy (non-hydrogen) atoms. The lowest BCUT2D eigenvalue weighted by Crippen LogP contribution is -2.23. The van der Waals surface area contributed by atoms with Gasteiger partial charge in [0.2, 0.25) is 0 Å². The lowest BCUT2D eigenvalue weighted by Gasteiger charge is -2.22. The zero-order valence-corrected chi connectivity index (χ0v) is 13.2. The lowest BCUT2D eigenvalue weighted by molar-refractivity contribution is 0.244. The van der Waals surface area contributed by atoms with Crippen LogP contribution in [0.3, 0.4) is 0 Å². The van der Waals surface area contributed by atoms with E-state index in [1.165, 1.54) is 17.3 Å². The Hall–Kier alpha value is -0.680. The number of nitrogens with one attached hydrogen (secondary N) is 1. The minimum Gasteiger partial charge on any atom is -0.489 e. The second-order valence-corrected chi connectivity index (χ2v) is 7.39. The van der Waals surface area contributed by atoms with Crippen LogP contribution >= 0.6 is 23.5 Å². The number of thioether (sulfide) groups is 2. The zero-order valence-electron chi connectivity index (χ0n) is 11.5.